The average Bonchev–Trinajstić information content (AvgIpc) is 3.72. The van der Waals surface area contributed by atoms with Gasteiger partial charge in [-0.3, -0.25) is 14.4 Å². The molecule has 0 aromatic heterocycles. The van der Waals surface area contributed by atoms with Crippen molar-refractivity contribution >= 4 is 53.3 Å². The van der Waals surface area contributed by atoms with Gasteiger partial charge in [-0.15, -0.1) is 0 Å². The zero-order valence-corrected chi connectivity index (χ0v) is 27.5. The van der Waals surface area contributed by atoms with E-state index in [1.165, 1.54) is 0 Å². The van der Waals surface area contributed by atoms with Crippen LogP contribution in [-0.2, 0) is 31.3 Å². The summed E-state index contributed by atoms with van der Waals surface area (Å²) in [6.07, 6.45) is 2.45. The number of anilines is 2. The summed E-state index contributed by atoms with van der Waals surface area (Å²) in [5.74, 6) is -0.550. The molecule has 4 aliphatic rings. The van der Waals surface area contributed by atoms with E-state index in [9.17, 15) is 24.3 Å². The number of aliphatic hydroxyl groups is 1. The molecule has 0 saturated carbocycles. The number of fused-ring (bicyclic) bond motifs is 2. The van der Waals surface area contributed by atoms with Crippen LogP contribution in [0.25, 0.3) is 0 Å². The highest BCUT2D eigenvalue weighted by Gasteiger charge is 2.66. The van der Waals surface area contributed by atoms with Crippen molar-refractivity contribution in [1.29, 1.82) is 0 Å². The molecule has 0 radical (unpaired) electrons. The number of carbonyl (C=O) groups excluding carboxylic acids is 3. The van der Waals surface area contributed by atoms with Gasteiger partial charge in [0.15, 0.2) is 13.9 Å². The number of aliphatic hydroxyl groups excluding tert-OH is 1. The Morgan fingerprint density at radius 2 is 1.86 bits per heavy atom. The van der Waals surface area contributed by atoms with E-state index >= 15 is 0 Å². The third-order valence-electron chi connectivity index (χ3n) is 9.89. The van der Waals surface area contributed by atoms with Crippen molar-refractivity contribution < 1.29 is 29.0 Å². The van der Waals surface area contributed by atoms with Gasteiger partial charge in [-0.25, -0.2) is 0 Å². The first-order chi connectivity index (χ1) is 20.5. The molecule has 43 heavy (non-hydrogen) atoms. The second-order valence-electron chi connectivity index (χ2n) is 13.0. The number of rotatable bonds is 7. The Hall–Kier alpha value is -2.57. The lowest BCUT2D eigenvalue weighted by atomic mass is 9.82. The predicted molar refractivity (Wildman–Crippen MR) is 169 cm³/mol. The maximum atomic E-state index is 14.6. The Morgan fingerprint density at radius 1 is 1.12 bits per heavy atom. The summed E-state index contributed by atoms with van der Waals surface area (Å²) < 4.78 is 7.64. The topological polar surface area (TPSA) is 111 Å². The minimum Gasteiger partial charge on any atom is -0.432 e. The Bertz CT molecular complexity index is 1430. The summed E-state index contributed by atoms with van der Waals surface area (Å²) in [7, 11) is -2.92. The molecular formula is C32H40BrN3O6Si. The third kappa shape index (κ3) is 5.16. The summed E-state index contributed by atoms with van der Waals surface area (Å²) in [6.45, 7) is 7.23. The average molecular weight is 671 g/mol. The van der Waals surface area contributed by atoms with Crippen LogP contribution in [0, 0.1) is 5.92 Å². The maximum absolute atomic E-state index is 14.6. The van der Waals surface area contributed by atoms with Gasteiger partial charge in [0.1, 0.15) is 0 Å². The minimum absolute atomic E-state index is 0.0531. The van der Waals surface area contributed by atoms with Crippen molar-refractivity contribution in [2.75, 3.05) is 29.5 Å². The first-order valence-electron chi connectivity index (χ1n) is 15.3. The number of carbonyl (C=O) groups is 3. The fourth-order valence-corrected chi connectivity index (χ4v) is 10.9. The summed E-state index contributed by atoms with van der Waals surface area (Å²) in [5.41, 5.74) is 1.57. The van der Waals surface area contributed by atoms with Crippen molar-refractivity contribution in [2.45, 2.75) is 82.0 Å². The lowest BCUT2D eigenvalue weighted by Gasteiger charge is -2.33. The molecule has 230 valence electrons. The van der Waals surface area contributed by atoms with Crippen LogP contribution >= 0.6 is 15.9 Å². The largest absolute Gasteiger partial charge is 0.432 e. The van der Waals surface area contributed by atoms with Crippen LogP contribution in [0.3, 0.4) is 0 Å². The SMILES string of the molecule is C[C@H]1[C@H]([Si](C)(C)O)[C@@H](CC(=O)N2CCC[C@H]2CO)O[C@]12C(=O)N(Cc1ccc(N3CCCC3=O)cc1)c1ccc(Br)cc12. The smallest absolute Gasteiger partial charge is 0.264 e. The highest BCUT2D eigenvalue weighted by atomic mass is 79.9. The van der Waals surface area contributed by atoms with Gasteiger partial charge in [-0.1, -0.05) is 35.0 Å². The molecule has 3 amide bonds. The maximum Gasteiger partial charge on any atom is 0.264 e. The molecule has 4 aliphatic heterocycles. The van der Waals surface area contributed by atoms with E-state index in [-0.39, 0.29) is 48.3 Å². The number of benzene rings is 2. The summed E-state index contributed by atoms with van der Waals surface area (Å²) in [4.78, 5) is 57.2. The number of ether oxygens (including phenoxy) is 1. The molecule has 4 heterocycles. The Labute approximate surface area is 262 Å². The number of nitrogens with zero attached hydrogens (tertiary/aromatic N) is 3. The van der Waals surface area contributed by atoms with E-state index in [1.54, 1.807) is 14.7 Å². The first-order valence-corrected chi connectivity index (χ1v) is 19.1. The van der Waals surface area contributed by atoms with E-state index in [0.717, 1.165) is 52.8 Å². The van der Waals surface area contributed by atoms with Crippen LogP contribution < -0.4 is 9.80 Å². The molecule has 11 heteroatoms. The standard InChI is InChI=1S/C32H40BrN3O6Si/c1-20-30(43(2,3)41)27(17-29(39)35-14-4-6-24(35)19-37)42-32(20)25-16-22(33)10-13-26(25)36(31(32)40)18-21-8-11-23(12-9-21)34-15-5-7-28(34)38/h8-13,16,20,24,27,30,37,41H,4-7,14-15,17-19H2,1-3H3/t20-,24-,27+,30-,32+/m0/s1. The second-order valence-corrected chi connectivity index (χ2v) is 17.9. The van der Waals surface area contributed by atoms with Crippen LogP contribution in [0.15, 0.2) is 46.9 Å². The number of hydrogen-bond donors (Lipinski definition) is 2. The van der Waals surface area contributed by atoms with Crippen LogP contribution in [0.1, 0.15) is 50.2 Å². The number of likely N-dealkylation sites (tertiary alicyclic amines) is 1. The Balaban J connectivity index is 1.32. The molecule has 2 aromatic carbocycles. The summed E-state index contributed by atoms with van der Waals surface area (Å²) >= 11 is 3.59. The Kier molecular flexibility index (Phi) is 8.08. The molecule has 2 aromatic rings. The highest BCUT2D eigenvalue weighted by Crippen LogP contribution is 2.60. The van der Waals surface area contributed by atoms with E-state index in [4.69, 9.17) is 4.74 Å². The van der Waals surface area contributed by atoms with Gasteiger partial charge in [0.25, 0.3) is 5.91 Å². The van der Waals surface area contributed by atoms with Crippen molar-refractivity contribution in [3.63, 3.8) is 0 Å². The van der Waals surface area contributed by atoms with Gasteiger partial charge in [-0.05, 0) is 68.3 Å². The summed E-state index contributed by atoms with van der Waals surface area (Å²) in [5, 5.41) is 9.81. The first kappa shape index (κ1) is 30.5. The molecule has 0 bridgehead atoms. The molecule has 3 fully saturated rings. The molecule has 3 saturated heterocycles. The molecule has 2 N–H and O–H groups in total. The molecule has 9 nitrogen and oxygen atoms in total. The lowest BCUT2D eigenvalue weighted by Crippen LogP contribution is -2.46. The van der Waals surface area contributed by atoms with E-state index < -0.39 is 20.0 Å². The van der Waals surface area contributed by atoms with Gasteiger partial charge in [0, 0.05) is 46.7 Å². The number of hydrogen-bond acceptors (Lipinski definition) is 6. The van der Waals surface area contributed by atoms with E-state index in [0.29, 0.717) is 19.5 Å². The zero-order valence-electron chi connectivity index (χ0n) is 25.0. The van der Waals surface area contributed by atoms with Crippen LogP contribution in [0.2, 0.25) is 18.6 Å². The predicted octanol–water partition coefficient (Wildman–Crippen LogP) is 4.29. The fraction of sp³-hybridized carbons (Fsp3) is 0.531. The highest BCUT2D eigenvalue weighted by molar-refractivity contribution is 9.10. The summed E-state index contributed by atoms with van der Waals surface area (Å²) in [6, 6.07) is 13.3. The van der Waals surface area contributed by atoms with Crippen molar-refractivity contribution in [3.05, 3.63) is 58.1 Å². The minimum atomic E-state index is -2.92. The normalized spacial score (nSPS) is 28.9. The molecular weight excluding hydrogens is 630 g/mol. The van der Waals surface area contributed by atoms with Gasteiger partial charge in [-0.2, -0.15) is 0 Å². The molecule has 5 atom stereocenters. The van der Waals surface area contributed by atoms with Gasteiger partial charge < -0.3 is 29.3 Å². The second kappa shape index (κ2) is 11.4. The van der Waals surface area contributed by atoms with Gasteiger partial charge in [0.05, 0.1) is 37.4 Å². The van der Waals surface area contributed by atoms with Crippen LogP contribution in [0.4, 0.5) is 11.4 Å². The molecule has 1 spiro atoms. The molecule has 0 unspecified atom stereocenters. The number of halogens is 1. The van der Waals surface area contributed by atoms with Gasteiger partial charge >= 0.3 is 0 Å². The van der Waals surface area contributed by atoms with E-state index in [1.807, 2.05) is 62.5 Å². The monoisotopic (exact) mass is 669 g/mol. The van der Waals surface area contributed by atoms with Crippen molar-refractivity contribution in [1.82, 2.24) is 4.90 Å². The zero-order chi connectivity index (χ0) is 30.7. The van der Waals surface area contributed by atoms with Crippen molar-refractivity contribution in [2.24, 2.45) is 5.92 Å². The van der Waals surface area contributed by atoms with Crippen LogP contribution in [-0.4, -0.2) is 72.7 Å². The Morgan fingerprint density at radius 3 is 2.51 bits per heavy atom. The lowest BCUT2D eigenvalue weighted by molar-refractivity contribution is -0.150. The van der Waals surface area contributed by atoms with Gasteiger partial charge in [0.2, 0.25) is 11.8 Å². The van der Waals surface area contributed by atoms with E-state index in [2.05, 4.69) is 15.9 Å². The number of amides is 3. The van der Waals surface area contributed by atoms with Crippen LogP contribution in [0.5, 0.6) is 0 Å². The third-order valence-corrected chi connectivity index (χ3v) is 12.9. The molecule has 6 rings (SSSR count). The fourth-order valence-electron chi connectivity index (χ4n) is 7.93. The van der Waals surface area contributed by atoms with Crippen molar-refractivity contribution in [3.8, 4) is 0 Å². The quantitative estimate of drug-likeness (QED) is 0.426. The molecule has 0 aliphatic carbocycles.